The Kier molecular flexibility index (Phi) is 4.29. The first-order chi connectivity index (χ1) is 8.55. The molecule has 0 bridgehead atoms. The normalized spacial score (nSPS) is 14.9. The smallest absolute Gasteiger partial charge is 0.384 e. The first-order valence-electron chi connectivity index (χ1n) is 5.16. The highest BCUT2D eigenvalue weighted by atomic mass is 19.4. The quantitative estimate of drug-likeness (QED) is 0.633. The van der Waals surface area contributed by atoms with Crippen LogP contribution in [0.15, 0.2) is 30.4 Å². The number of aliphatic hydroxyl groups is 1. The molecule has 0 heterocycles. The van der Waals surface area contributed by atoms with Crippen LogP contribution in [0.3, 0.4) is 0 Å². The summed E-state index contributed by atoms with van der Waals surface area (Å²) in [7, 11) is 0. The molecule has 1 unspecified atom stereocenters. The summed E-state index contributed by atoms with van der Waals surface area (Å²) in [4.78, 5) is 0. The Morgan fingerprint density at radius 2 is 1.37 bits per heavy atom. The first kappa shape index (κ1) is 15.6. The molecule has 1 nitrogen and oxygen atoms in total. The maximum atomic E-state index is 12.5. The number of allylic oxidation sites excluding steroid dienone is 1. The summed E-state index contributed by atoms with van der Waals surface area (Å²) in [6.45, 7) is 1.49. The summed E-state index contributed by atoms with van der Waals surface area (Å²) < 4.78 is 75.1. The van der Waals surface area contributed by atoms with E-state index in [0.29, 0.717) is 12.1 Å². The molecular formula is C12H10F6O. The van der Waals surface area contributed by atoms with Crippen molar-refractivity contribution in [2.45, 2.75) is 25.4 Å². The topological polar surface area (TPSA) is 20.2 Å². The van der Waals surface area contributed by atoms with Crippen LogP contribution in [0.4, 0.5) is 26.3 Å². The van der Waals surface area contributed by atoms with Crippen LogP contribution in [-0.4, -0.2) is 5.11 Å². The molecule has 0 amide bonds. The van der Waals surface area contributed by atoms with Crippen molar-refractivity contribution in [3.05, 3.63) is 47.0 Å². The zero-order valence-corrected chi connectivity index (χ0v) is 9.68. The first-order valence-corrected chi connectivity index (χ1v) is 5.16. The molecular weight excluding hydrogens is 274 g/mol. The van der Waals surface area contributed by atoms with Gasteiger partial charge in [0.1, 0.15) is 0 Å². The molecule has 0 aliphatic rings. The summed E-state index contributed by atoms with van der Waals surface area (Å²) in [6, 6.07) is 1.02. The Hall–Kier alpha value is -1.50. The summed E-state index contributed by atoms with van der Waals surface area (Å²) in [6.07, 6.45) is -8.92. The van der Waals surface area contributed by atoms with Crippen LogP contribution >= 0.6 is 0 Å². The van der Waals surface area contributed by atoms with Crippen molar-refractivity contribution in [1.29, 1.82) is 0 Å². The van der Waals surface area contributed by atoms with Gasteiger partial charge in [0.15, 0.2) is 0 Å². The third-order valence-electron chi connectivity index (χ3n) is 2.33. The minimum Gasteiger partial charge on any atom is -0.384 e. The fourth-order valence-corrected chi connectivity index (χ4v) is 1.44. The predicted molar refractivity (Wildman–Crippen MR) is 56.2 cm³/mol. The van der Waals surface area contributed by atoms with Gasteiger partial charge >= 0.3 is 12.4 Å². The Bertz CT molecular complexity index is 440. The second-order valence-corrected chi connectivity index (χ2v) is 3.81. The molecule has 1 atom stereocenters. The van der Waals surface area contributed by atoms with Gasteiger partial charge in [0.25, 0.3) is 0 Å². The number of hydrogen-bond acceptors (Lipinski definition) is 1. The van der Waals surface area contributed by atoms with Gasteiger partial charge in [0.05, 0.1) is 17.2 Å². The summed E-state index contributed by atoms with van der Waals surface area (Å²) in [5, 5.41) is 9.48. The lowest BCUT2D eigenvalue weighted by atomic mass is 10.0. The minimum absolute atomic E-state index is 0.0197. The van der Waals surface area contributed by atoms with Crippen molar-refractivity contribution in [3.63, 3.8) is 0 Å². The molecule has 0 aliphatic heterocycles. The molecule has 0 radical (unpaired) electrons. The highest BCUT2D eigenvalue weighted by Crippen LogP contribution is 2.37. The largest absolute Gasteiger partial charge is 0.416 e. The molecule has 1 aromatic rings. The highest BCUT2D eigenvalue weighted by Gasteiger charge is 2.37. The fourth-order valence-electron chi connectivity index (χ4n) is 1.44. The monoisotopic (exact) mass is 284 g/mol. The molecule has 7 heteroatoms. The van der Waals surface area contributed by atoms with Gasteiger partial charge in [0, 0.05) is 0 Å². The molecule has 1 aromatic carbocycles. The molecule has 0 fully saturated rings. The molecule has 106 valence electrons. The van der Waals surface area contributed by atoms with Gasteiger partial charge in [0.2, 0.25) is 0 Å². The van der Waals surface area contributed by atoms with E-state index < -0.39 is 35.1 Å². The number of rotatable bonds is 2. The average molecular weight is 284 g/mol. The van der Waals surface area contributed by atoms with E-state index in [9.17, 15) is 31.4 Å². The van der Waals surface area contributed by atoms with Gasteiger partial charge in [-0.3, -0.25) is 0 Å². The second-order valence-electron chi connectivity index (χ2n) is 3.81. The summed E-state index contributed by atoms with van der Waals surface area (Å²) in [5.74, 6) is 0. The van der Waals surface area contributed by atoms with Crippen LogP contribution in [0, 0.1) is 0 Å². The summed E-state index contributed by atoms with van der Waals surface area (Å²) in [5.41, 5.74) is -3.35. The fraction of sp³-hybridized carbons (Fsp3) is 0.333. The van der Waals surface area contributed by atoms with Gasteiger partial charge in [-0.1, -0.05) is 12.2 Å². The molecule has 0 spiro atoms. The van der Waals surface area contributed by atoms with E-state index in [1.807, 2.05) is 0 Å². The van der Waals surface area contributed by atoms with Crippen LogP contribution in [0.25, 0.3) is 0 Å². The lowest BCUT2D eigenvalue weighted by molar-refractivity contribution is -0.143. The van der Waals surface area contributed by atoms with Gasteiger partial charge in [-0.25, -0.2) is 0 Å². The number of aliphatic hydroxyl groups excluding tert-OH is 1. The van der Waals surface area contributed by atoms with Gasteiger partial charge in [-0.15, -0.1) is 0 Å². The van der Waals surface area contributed by atoms with Crippen LogP contribution in [0.5, 0.6) is 0 Å². The Labute approximate surface area is 105 Å². The highest BCUT2D eigenvalue weighted by molar-refractivity contribution is 5.35. The molecule has 1 rings (SSSR count). The van der Waals surface area contributed by atoms with Crippen LogP contribution in [0.2, 0.25) is 0 Å². The summed E-state index contributed by atoms with van der Waals surface area (Å²) >= 11 is 0. The molecule has 0 saturated heterocycles. The second kappa shape index (κ2) is 5.24. The lowest BCUT2D eigenvalue weighted by Gasteiger charge is -2.15. The zero-order valence-electron chi connectivity index (χ0n) is 9.68. The SMILES string of the molecule is C/C=C/C(O)c1cc(C(F)(F)F)cc(C(F)(F)F)c1. The van der Waals surface area contributed by atoms with Gasteiger partial charge in [-0.05, 0) is 30.7 Å². The molecule has 0 aliphatic carbocycles. The van der Waals surface area contributed by atoms with Crippen molar-refractivity contribution in [2.75, 3.05) is 0 Å². The van der Waals surface area contributed by atoms with E-state index in [2.05, 4.69) is 0 Å². The van der Waals surface area contributed by atoms with E-state index in [0.717, 1.165) is 6.08 Å². The van der Waals surface area contributed by atoms with E-state index in [-0.39, 0.29) is 6.07 Å². The maximum absolute atomic E-state index is 12.5. The maximum Gasteiger partial charge on any atom is 0.416 e. The standard InChI is InChI=1S/C12H10F6O/c1-2-3-10(19)7-4-8(11(13,14)15)6-9(5-7)12(16,17)18/h2-6,10,19H,1H3/b3-2+. The van der Waals surface area contributed by atoms with Crippen LogP contribution in [0.1, 0.15) is 29.7 Å². The van der Waals surface area contributed by atoms with E-state index in [4.69, 9.17) is 0 Å². The van der Waals surface area contributed by atoms with Gasteiger partial charge < -0.3 is 5.11 Å². The number of halogens is 6. The molecule has 19 heavy (non-hydrogen) atoms. The molecule has 0 saturated carbocycles. The van der Waals surface area contributed by atoms with Crippen LogP contribution in [-0.2, 0) is 12.4 Å². The molecule has 0 aromatic heterocycles. The van der Waals surface area contributed by atoms with E-state index >= 15 is 0 Å². The van der Waals surface area contributed by atoms with Crippen molar-refractivity contribution >= 4 is 0 Å². The number of hydrogen-bond donors (Lipinski definition) is 1. The van der Waals surface area contributed by atoms with Crippen LogP contribution < -0.4 is 0 Å². The minimum atomic E-state index is -4.91. The van der Waals surface area contributed by atoms with Crippen molar-refractivity contribution in [2.24, 2.45) is 0 Å². The third kappa shape index (κ3) is 3.99. The Morgan fingerprint density at radius 3 is 1.68 bits per heavy atom. The lowest BCUT2D eigenvalue weighted by Crippen LogP contribution is -2.12. The van der Waals surface area contributed by atoms with Crippen molar-refractivity contribution < 1.29 is 31.4 Å². The Balaban J connectivity index is 3.41. The number of alkyl halides is 6. The van der Waals surface area contributed by atoms with E-state index in [1.54, 1.807) is 0 Å². The predicted octanol–water partition coefficient (Wildman–Crippen LogP) is 4.33. The zero-order chi connectivity index (χ0) is 14.8. The molecule has 1 N–H and O–H groups in total. The van der Waals surface area contributed by atoms with E-state index in [1.165, 1.54) is 13.0 Å². The van der Waals surface area contributed by atoms with Gasteiger partial charge in [-0.2, -0.15) is 26.3 Å². The van der Waals surface area contributed by atoms with Crippen molar-refractivity contribution in [1.82, 2.24) is 0 Å². The average Bonchev–Trinajstić information content (AvgIpc) is 2.26. The van der Waals surface area contributed by atoms with Crippen molar-refractivity contribution in [3.8, 4) is 0 Å². The Morgan fingerprint density at radius 1 is 0.947 bits per heavy atom. The third-order valence-corrected chi connectivity index (χ3v) is 2.33. The number of benzene rings is 1.